The first kappa shape index (κ1) is 11.6. The van der Waals surface area contributed by atoms with Gasteiger partial charge in [-0.1, -0.05) is 11.6 Å². The van der Waals surface area contributed by atoms with Crippen LogP contribution >= 0.6 is 23.4 Å². The zero-order valence-electron chi connectivity index (χ0n) is 7.73. The Labute approximate surface area is 91.7 Å². The van der Waals surface area contributed by atoms with E-state index in [1.807, 2.05) is 0 Å². The smallest absolute Gasteiger partial charge is 0.188 e. The van der Waals surface area contributed by atoms with Crippen molar-refractivity contribution in [3.8, 4) is 5.75 Å². The van der Waals surface area contributed by atoms with Crippen LogP contribution in [0, 0.1) is 0 Å². The Kier molecular flexibility index (Phi) is 5.00. The number of rotatable bonds is 5. The van der Waals surface area contributed by atoms with Crippen molar-refractivity contribution >= 4 is 23.4 Å². The molecule has 1 N–H and O–H groups in total. The number of halogens is 1. The van der Waals surface area contributed by atoms with E-state index in [1.165, 1.54) is 25.2 Å². The lowest BCUT2D eigenvalue weighted by molar-refractivity contribution is 0.296. The molecule has 14 heavy (non-hydrogen) atoms. The lowest BCUT2D eigenvalue weighted by Gasteiger charge is -2.06. The van der Waals surface area contributed by atoms with Crippen LogP contribution < -0.4 is 4.74 Å². The van der Waals surface area contributed by atoms with Gasteiger partial charge in [0.1, 0.15) is 11.4 Å². The zero-order valence-corrected chi connectivity index (χ0v) is 9.31. The summed E-state index contributed by atoms with van der Waals surface area (Å²) >= 11 is 7.29. The molecule has 0 aliphatic rings. The van der Waals surface area contributed by atoms with E-state index in [9.17, 15) is 0 Å². The zero-order chi connectivity index (χ0) is 10.4. The molecule has 0 spiro atoms. The number of aliphatic hydroxyl groups excluding tert-OH is 1. The molecule has 1 aromatic rings. The van der Waals surface area contributed by atoms with Crippen molar-refractivity contribution in [2.75, 3.05) is 19.5 Å². The van der Waals surface area contributed by atoms with Crippen LogP contribution in [0.1, 0.15) is 6.42 Å². The highest BCUT2D eigenvalue weighted by Crippen LogP contribution is 2.31. The average Bonchev–Trinajstić information content (AvgIpc) is 2.18. The van der Waals surface area contributed by atoms with Gasteiger partial charge in [0, 0.05) is 12.4 Å². The molecule has 0 aliphatic heterocycles. The van der Waals surface area contributed by atoms with Gasteiger partial charge >= 0.3 is 0 Å². The highest BCUT2D eigenvalue weighted by Gasteiger charge is 2.09. The third-order valence-electron chi connectivity index (χ3n) is 1.47. The third kappa shape index (κ3) is 3.01. The number of nitrogens with zero attached hydrogens (tertiary/aromatic N) is 2. The maximum Gasteiger partial charge on any atom is 0.188 e. The average molecular weight is 235 g/mol. The quantitative estimate of drug-likeness (QED) is 0.477. The third-order valence-corrected chi connectivity index (χ3v) is 2.80. The second kappa shape index (κ2) is 6.06. The first-order valence-corrected chi connectivity index (χ1v) is 5.44. The number of thioether (sulfide) groups is 1. The minimum atomic E-state index is 0.175. The van der Waals surface area contributed by atoms with E-state index in [2.05, 4.69) is 9.97 Å². The molecule has 1 rings (SSSR count). The van der Waals surface area contributed by atoms with Crippen molar-refractivity contribution in [3.63, 3.8) is 0 Å². The summed E-state index contributed by atoms with van der Waals surface area (Å²) < 4.78 is 5.07. The van der Waals surface area contributed by atoms with Gasteiger partial charge in [-0.3, -0.25) is 0 Å². The Morgan fingerprint density at radius 1 is 1.57 bits per heavy atom. The van der Waals surface area contributed by atoms with Crippen LogP contribution in [0.4, 0.5) is 0 Å². The van der Waals surface area contributed by atoms with E-state index in [4.69, 9.17) is 21.4 Å². The lowest BCUT2D eigenvalue weighted by Crippen LogP contribution is -1.94. The standard InChI is InChI=1S/C8H11ClN2O2S/c1-13-6-7(9)10-5-11-8(6)14-4-2-3-12/h5,12H,2-4H2,1H3. The molecule has 0 fully saturated rings. The van der Waals surface area contributed by atoms with Gasteiger partial charge in [0.2, 0.25) is 0 Å². The van der Waals surface area contributed by atoms with Crippen molar-refractivity contribution < 1.29 is 9.84 Å². The Morgan fingerprint density at radius 3 is 3.00 bits per heavy atom. The second-order valence-corrected chi connectivity index (χ2v) is 3.87. The molecule has 0 amide bonds. The fourth-order valence-electron chi connectivity index (χ4n) is 0.845. The molecule has 0 saturated heterocycles. The Morgan fingerprint density at radius 2 is 2.36 bits per heavy atom. The van der Waals surface area contributed by atoms with E-state index in [0.717, 1.165) is 12.2 Å². The fourth-order valence-corrected chi connectivity index (χ4v) is 2.01. The molecule has 0 aliphatic carbocycles. The maximum absolute atomic E-state index is 8.62. The van der Waals surface area contributed by atoms with Crippen molar-refractivity contribution in [2.24, 2.45) is 0 Å². The summed E-state index contributed by atoms with van der Waals surface area (Å²) in [6.45, 7) is 0.175. The predicted molar refractivity (Wildman–Crippen MR) is 56.0 cm³/mol. The summed E-state index contributed by atoms with van der Waals surface area (Å²) in [5.74, 6) is 1.28. The number of methoxy groups -OCH3 is 1. The van der Waals surface area contributed by atoms with Gasteiger partial charge in [-0.2, -0.15) is 0 Å². The number of aliphatic hydroxyl groups is 1. The minimum Gasteiger partial charge on any atom is -0.491 e. The van der Waals surface area contributed by atoms with Crippen molar-refractivity contribution in [1.29, 1.82) is 0 Å². The van der Waals surface area contributed by atoms with Crippen molar-refractivity contribution in [2.45, 2.75) is 11.4 Å². The van der Waals surface area contributed by atoms with Gasteiger partial charge in [-0.15, -0.1) is 11.8 Å². The van der Waals surface area contributed by atoms with Gasteiger partial charge in [0.25, 0.3) is 0 Å². The van der Waals surface area contributed by atoms with E-state index in [1.54, 1.807) is 0 Å². The Hall–Kier alpha value is -0.520. The van der Waals surface area contributed by atoms with E-state index < -0.39 is 0 Å². The topological polar surface area (TPSA) is 55.2 Å². The SMILES string of the molecule is COc1c(Cl)ncnc1SCCCO. The van der Waals surface area contributed by atoms with Crippen LogP contribution in [-0.4, -0.2) is 34.5 Å². The first-order chi connectivity index (χ1) is 6.79. The fraction of sp³-hybridized carbons (Fsp3) is 0.500. The van der Waals surface area contributed by atoms with Crippen LogP contribution in [0.3, 0.4) is 0 Å². The molecular weight excluding hydrogens is 224 g/mol. The van der Waals surface area contributed by atoms with Gasteiger partial charge in [0.15, 0.2) is 10.9 Å². The maximum atomic E-state index is 8.62. The normalized spacial score (nSPS) is 10.2. The minimum absolute atomic E-state index is 0.175. The molecule has 1 aromatic heterocycles. The summed E-state index contributed by atoms with van der Waals surface area (Å²) in [4.78, 5) is 7.85. The molecular formula is C8H11ClN2O2S. The Balaban J connectivity index is 2.70. The summed E-state index contributed by atoms with van der Waals surface area (Å²) in [6, 6.07) is 0. The molecule has 0 aromatic carbocycles. The number of hydrogen-bond donors (Lipinski definition) is 1. The van der Waals surface area contributed by atoms with Crippen molar-refractivity contribution in [3.05, 3.63) is 11.5 Å². The summed E-state index contributed by atoms with van der Waals surface area (Å²) in [5, 5.41) is 9.65. The van der Waals surface area contributed by atoms with E-state index in [0.29, 0.717) is 15.9 Å². The molecule has 0 bridgehead atoms. The van der Waals surface area contributed by atoms with Crippen molar-refractivity contribution in [1.82, 2.24) is 9.97 Å². The molecule has 0 radical (unpaired) electrons. The molecule has 0 atom stereocenters. The van der Waals surface area contributed by atoms with E-state index in [-0.39, 0.29) is 6.61 Å². The molecule has 1 heterocycles. The Bertz CT molecular complexity index is 299. The first-order valence-electron chi connectivity index (χ1n) is 4.07. The number of ether oxygens (including phenoxy) is 1. The predicted octanol–water partition coefficient (Wildman–Crippen LogP) is 1.61. The van der Waals surface area contributed by atoms with Gasteiger partial charge in [0.05, 0.1) is 7.11 Å². The molecule has 78 valence electrons. The van der Waals surface area contributed by atoms with Gasteiger partial charge in [-0.05, 0) is 6.42 Å². The summed E-state index contributed by atoms with van der Waals surface area (Å²) in [7, 11) is 1.53. The van der Waals surface area contributed by atoms with Crippen LogP contribution in [0.15, 0.2) is 11.4 Å². The summed E-state index contributed by atoms with van der Waals surface area (Å²) in [6.07, 6.45) is 2.11. The van der Waals surface area contributed by atoms with Crippen LogP contribution in [0.5, 0.6) is 5.75 Å². The summed E-state index contributed by atoms with van der Waals surface area (Å²) in [5.41, 5.74) is 0. The molecule has 4 nitrogen and oxygen atoms in total. The number of aromatic nitrogens is 2. The highest BCUT2D eigenvalue weighted by atomic mass is 35.5. The molecule has 0 saturated carbocycles. The van der Waals surface area contributed by atoms with Gasteiger partial charge in [-0.25, -0.2) is 9.97 Å². The lowest BCUT2D eigenvalue weighted by atomic mass is 10.5. The van der Waals surface area contributed by atoms with Crippen LogP contribution in [0.2, 0.25) is 5.15 Å². The van der Waals surface area contributed by atoms with E-state index >= 15 is 0 Å². The molecule has 0 unspecified atom stereocenters. The van der Waals surface area contributed by atoms with Gasteiger partial charge < -0.3 is 9.84 Å². The second-order valence-electron chi connectivity index (χ2n) is 2.43. The largest absolute Gasteiger partial charge is 0.491 e. The monoisotopic (exact) mass is 234 g/mol. The highest BCUT2D eigenvalue weighted by molar-refractivity contribution is 7.99. The van der Waals surface area contributed by atoms with Crippen LogP contribution in [0.25, 0.3) is 0 Å². The van der Waals surface area contributed by atoms with Crippen LogP contribution in [-0.2, 0) is 0 Å². The number of hydrogen-bond acceptors (Lipinski definition) is 5. The molecule has 6 heteroatoms.